The van der Waals surface area contributed by atoms with Gasteiger partial charge in [-0.15, -0.1) is 0 Å². The van der Waals surface area contributed by atoms with Crippen molar-refractivity contribution in [2.45, 2.75) is 40.7 Å². The summed E-state index contributed by atoms with van der Waals surface area (Å²) < 4.78 is 9.99. The van der Waals surface area contributed by atoms with Crippen molar-refractivity contribution in [3.8, 4) is 0 Å². The third-order valence-corrected chi connectivity index (χ3v) is 2.36. The zero-order chi connectivity index (χ0) is 12.9. The first-order valence-corrected chi connectivity index (χ1v) is 5.48. The molecule has 4 heteroatoms. The summed E-state index contributed by atoms with van der Waals surface area (Å²) in [4.78, 5) is 23.3. The number of carbonyl (C=O) groups is 2. The predicted molar refractivity (Wildman–Crippen MR) is 61.1 cm³/mol. The zero-order valence-electron chi connectivity index (χ0n) is 11.0. The van der Waals surface area contributed by atoms with Crippen molar-refractivity contribution in [1.29, 1.82) is 0 Å². The Kier molecular flexibility index (Phi) is 5.65. The standard InChI is InChI=1S/C12H22O4/c1-7-16-10(12(3,4)5)9(13)8(2)11(14)15-6/h8,10H,7H2,1-6H3. The Labute approximate surface area is 97.3 Å². The Morgan fingerprint density at radius 3 is 2.06 bits per heavy atom. The number of hydrogen-bond donors (Lipinski definition) is 0. The van der Waals surface area contributed by atoms with Crippen LogP contribution < -0.4 is 0 Å². The van der Waals surface area contributed by atoms with Crippen LogP contribution in [0.25, 0.3) is 0 Å². The molecule has 4 nitrogen and oxygen atoms in total. The molecule has 16 heavy (non-hydrogen) atoms. The van der Waals surface area contributed by atoms with Gasteiger partial charge in [0, 0.05) is 6.61 Å². The molecule has 94 valence electrons. The van der Waals surface area contributed by atoms with Crippen LogP contribution in [0.3, 0.4) is 0 Å². The molecule has 0 bridgehead atoms. The van der Waals surface area contributed by atoms with Crippen molar-refractivity contribution in [3.05, 3.63) is 0 Å². The van der Waals surface area contributed by atoms with Crippen molar-refractivity contribution in [2.75, 3.05) is 13.7 Å². The highest BCUT2D eigenvalue weighted by Crippen LogP contribution is 2.25. The van der Waals surface area contributed by atoms with E-state index < -0.39 is 18.0 Å². The second-order valence-corrected chi connectivity index (χ2v) is 4.85. The molecule has 0 aromatic carbocycles. The van der Waals surface area contributed by atoms with Crippen LogP contribution in [-0.4, -0.2) is 31.6 Å². The molecule has 0 fully saturated rings. The first-order chi connectivity index (χ1) is 7.25. The van der Waals surface area contributed by atoms with Gasteiger partial charge >= 0.3 is 5.97 Å². The third-order valence-electron chi connectivity index (χ3n) is 2.36. The van der Waals surface area contributed by atoms with Crippen molar-refractivity contribution >= 4 is 11.8 Å². The fourth-order valence-electron chi connectivity index (χ4n) is 1.45. The quantitative estimate of drug-likeness (QED) is 0.534. The van der Waals surface area contributed by atoms with E-state index in [0.717, 1.165) is 0 Å². The van der Waals surface area contributed by atoms with E-state index in [-0.39, 0.29) is 11.2 Å². The molecule has 0 aromatic rings. The third kappa shape index (κ3) is 3.93. The van der Waals surface area contributed by atoms with Crippen molar-refractivity contribution in [2.24, 2.45) is 11.3 Å². The summed E-state index contributed by atoms with van der Waals surface area (Å²) in [6, 6.07) is 0. The largest absolute Gasteiger partial charge is 0.468 e. The first kappa shape index (κ1) is 15.1. The van der Waals surface area contributed by atoms with Crippen LogP contribution >= 0.6 is 0 Å². The van der Waals surface area contributed by atoms with Gasteiger partial charge in [-0.3, -0.25) is 9.59 Å². The maximum Gasteiger partial charge on any atom is 0.316 e. The van der Waals surface area contributed by atoms with Gasteiger partial charge in [0.25, 0.3) is 0 Å². The second-order valence-electron chi connectivity index (χ2n) is 4.85. The molecule has 2 atom stereocenters. The molecule has 0 amide bonds. The Morgan fingerprint density at radius 1 is 1.25 bits per heavy atom. The summed E-state index contributed by atoms with van der Waals surface area (Å²) >= 11 is 0. The van der Waals surface area contributed by atoms with Crippen LogP contribution in [0.5, 0.6) is 0 Å². The fourth-order valence-corrected chi connectivity index (χ4v) is 1.45. The summed E-state index contributed by atoms with van der Waals surface area (Å²) in [6.45, 7) is 9.56. The number of Topliss-reactive ketones (excluding diaryl/α,β-unsaturated/α-hetero) is 1. The first-order valence-electron chi connectivity index (χ1n) is 5.48. The maximum atomic E-state index is 12.1. The lowest BCUT2D eigenvalue weighted by atomic mass is 9.83. The number of hydrogen-bond acceptors (Lipinski definition) is 4. The maximum absolute atomic E-state index is 12.1. The van der Waals surface area contributed by atoms with E-state index in [2.05, 4.69) is 4.74 Å². The summed E-state index contributed by atoms with van der Waals surface area (Å²) in [7, 11) is 1.28. The monoisotopic (exact) mass is 230 g/mol. The van der Waals surface area contributed by atoms with Crippen LogP contribution in [0.2, 0.25) is 0 Å². The van der Waals surface area contributed by atoms with Crippen LogP contribution in [-0.2, 0) is 19.1 Å². The number of ketones is 1. The van der Waals surface area contributed by atoms with E-state index >= 15 is 0 Å². The van der Waals surface area contributed by atoms with Crippen molar-refractivity contribution < 1.29 is 19.1 Å². The number of rotatable bonds is 5. The minimum absolute atomic E-state index is 0.221. The molecule has 0 saturated carbocycles. The van der Waals surface area contributed by atoms with E-state index in [1.165, 1.54) is 7.11 Å². The molecular formula is C12H22O4. The normalized spacial score (nSPS) is 15.4. The minimum Gasteiger partial charge on any atom is -0.468 e. The van der Waals surface area contributed by atoms with Crippen molar-refractivity contribution in [1.82, 2.24) is 0 Å². The molecule has 2 unspecified atom stereocenters. The van der Waals surface area contributed by atoms with E-state index in [0.29, 0.717) is 6.61 Å². The Balaban J connectivity index is 4.81. The highest BCUT2D eigenvalue weighted by atomic mass is 16.5. The molecule has 0 saturated heterocycles. The van der Waals surface area contributed by atoms with Gasteiger partial charge in [-0.25, -0.2) is 0 Å². The topological polar surface area (TPSA) is 52.6 Å². The number of esters is 1. The molecule has 0 aliphatic heterocycles. The average molecular weight is 230 g/mol. The molecule has 0 heterocycles. The summed E-state index contributed by atoms with van der Waals surface area (Å²) in [5, 5.41) is 0. The summed E-state index contributed by atoms with van der Waals surface area (Å²) in [5.74, 6) is -1.51. The van der Waals surface area contributed by atoms with Gasteiger partial charge in [-0.2, -0.15) is 0 Å². The van der Waals surface area contributed by atoms with Gasteiger partial charge < -0.3 is 9.47 Å². The fraction of sp³-hybridized carbons (Fsp3) is 0.833. The number of carbonyl (C=O) groups excluding carboxylic acids is 2. The van der Waals surface area contributed by atoms with E-state index in [1.807, 2.05) is 27.7 Å². The van der Waals surface area contributed by atoms with Crippen LogP contribution in [0.4, 0.5) is 0 Å². The average Bonchev–Trinajstić information content (AvgIpc) is 2.21. The molecule has 0 aromatic heterocycles. The van der Waals surface area contributed by atoms with Gasteiger partial charge in [0.1, 0.15) is 12.0 Å². The minimum atomic E-state index is -0.777. The van der Waals surface area contributed by atoms with Gasteiger partial charge in [-0.05, 0) is 19.3 Å². The highest BCUT2D eigenvalue weighted by molar-refractivity contribution is 6.01. The molecule has 0 aliphatic carbocycles. The second kappa shape index (κ2) is 5.99. The summed E-state index contributed by atoms with van der Waals surface area (Å²) in [5.41, 5.74) is -0.324. The zero-order valence-corrected chi connectivity index (χ0v) is 11.0. The van der Waals surface area contributed by atoms with Gasteiger partial charge in [0.15, 0.2) is 5.78 Å². The van der Waals surface area contributed by atoms with Gasteiger partial charge in [-0.1, -0.05) is 20.8 Å². The van der Waals surface area contributed by atoms with E-state index in [1.54, 1.807) is 6.92 Å². The smallest absolute Gasteiger partial charge is 0.316 e. The molecule has 0 radical (unpaired) electrons. The lowest BCUT2D eigenvalue weighted by molar-refractivity contribution is -0.155. The molecule has 0 spiro atoms. The molecule has 0 rings (SSSR count). The highest BCUT2D eigenvalue weighted by Gasteiger charge is 2.37. The number of methoxy groups -OCH3 is 1. The SMILES string of the molecule is CCOC(C(=O)C(C)C(=O)OC)C(C)(C)C. The predicted octanol–water partition coefficient (Wildman–Crippen LogP) is 1.82. The van der Waals surface area contributed by atoms with E-state index in [4.69, 9.17) is 4.74 Å². The van der Waals surface area contributed by atoms with Crippen LogP contribution in [0.15, 0.2) is 0 Å². The Morgan fingerprint density at radius 2 is 1.75 bits per heavy atom. The van der Waals surface area contributed by atoms with Crippen LogP contribution in [0, 0.1) is 11.3 Å². The molecule has 0 N–H and O–H groups in total. The van der Waals surface area contributed by atoms with Crippen molar-refractivity contribution in [3.63, 3.8) is 0 Å². The Bertz CT molecular complexity index is 252. The Hall–Kier alpha value is -0.900. The van der Waals surface area contributed by atoms with Gasteiger partial charge in [0.05, 0.1) is 7.11 Å². The number of ether oxygens (including phenoxy) is 2. The lowest BCUT2D eigenvalue weighted by Gasteiger charge is -2.30. The summed E-state index contributed by atoms with van der Waals surface area (Å²) in [6.07, 6.45) is -0.577. The van der Waals surface area contributed by atoms with E-state index in [9.17, 15) is 9.59 Å². The van der Waals surface area contributed by atoms with Crippen LogP contribution in [0.1, 0.15) is 34.6 Å². The molecule has 0 aliphatic rings. The van der Waals surface area contributed by atoms with Gasteiger partial charge in [0.2, 0.25) is 0 Å². The molecular weight excluding hydrogens is 208 g/mol. The lowest BCUT2D eigenvalue weighted by Crippen LogP contribution is -2.42.